The Hall–Kier alpha value is -5.38. The lowest BCUT2D eigenvalue weighted by Gasteiger charge is -2.29. The molecule has 0 bridgehead atoms. The summed E-state index contributed by atoms with van der Waals surface area (Å²) in [6.07, 6.45) is 0. The molecule has 0 radical (unpaired) electrons. The zero-order valence-corrected chi connectivity index (χ0v) is 26.4. The summed E-state index contributed by atoms with van der Waals surface area (Å²) in [4.78, 5) is 2.48. The fourth-order valence-corrected chi connectivity index (χ4v) is 9.00. The maximum Gasteiger partial charge on any atom is 0.137 e. The van der Waals surface area contributed by atoms with Crippen LogP contribution in [-0.4, -0.2) is 0 Å². The molecule has 10 rings (SSSR count). The zero-order chi connectivity index (χ0) is 30.6. The number of furan rings is 1. The topological polar surface area (TPSA) is 16.4 Å². The molecule has 2 aromatic heterocycles. The van der Waals surface area contributed by atoms with Crippen LogP contribution < -0.4 is 4.90 Å². The molecular weight excluding hydrogens is 579 g/mol. The highest BCUT2D eigenvalue weighted by Gasteiger charge is 2.38. The molecule has 0 aliphatic heterocycles. The Bertz CT molecular complexity index is 2690. The lowest BCUT2D eigenvalue weighted by Crippen LogP contribution is -2.16. The van der Waals surface area contributed by atoms with E-state index in [0.717, 1.165) is 33.3 Å². The van der Waals surface area contributed by atoms with Crippen molar-refractivity contribution in [2.45, 2.75) is 19.3 Å². The minimum absolute atomic E-state index is 0.101. The molecule has 0 N–H and O–H groups in total. The summed E-state index contributed by atoms with van der Waals surface area (Å²) >= 11 is 1.86. The highest BCUT2D eigenvalue weighted by atomic mass is 32.1. The van der Waals surface area contributed by atoms with Gasteiger partial charge in [-0.3, -0.25) is 0 Å². The molecule has 9 aromatic rings. The molecule has 1 aliphatic carbocycles. The Balaban J connectivity index is 1.32. The van der Waals surface area contributed by atoms with Crippen LogP contribution in [0.2, 0.25) is 0 Å². The van der Waals surface area contributed by atoms with E-state index in [0.29, 0.717) is 0 Å². The lowest BCUT2D eigenvalue weighted by atomic mass is 9.82. The smallest absolute Gasteiger partial charge is 0.137 e. The average molecular weight is 608 g/mol. The van der Waals surface area contributed by atoms with E-state index in [4.69, 9.17) is 4.42 Å². The van der Waals surface area contributed by atoms with E-state index in [2.05, 4.69) is 158 Å². The second kappa shape index (κ2) is 9.32. The summed E-state index contributed by atoms with van der Waals surface area (Å²) in [7, 11) is 0. The van der Waals surface area contributed by atoms with E-state index < -0.39 is 0 Å². The van der Waals surface area contributed by atoms with Gasteiger partial charge in [-0.25, -0.2) is 0 Å². The predicted molar refractivity (Wildman–Crippen MR) is 196 cm³/mol. The van der Waals surface area contributed by atoms with Gasteiger partial charge in [0.05, 0.1) is 16.8 Å². The van der Waals surface area contributed by atoms with Crippen LogP contribution in [0.4, 0.5) is 17.1 Å². The Labute approximate surface area is 270 Å². The fraction of sp³-hybridized carbons (Fsp3) is 0.0698. The lowest BCUT2D eigenvalue weighted by molar-refractivity contribution is 0.660. The molecule has 46 heavy (non-hydrogen) atoms. The number of nitrogens with zero attached hydrogens (tertiary/aromatic N) is 1. The molecule has 0 unspecified atom stereocenters. The third-order valence-electron chi connectivity index (χ3n) is 10.0. The first-order valence-corrected chi connectivity index (χ1v) is 16.7. The first-order valence-electron chi connectivity index (χ1n) is 15.9. The Morgan fingerprint density at radius 2 is 1.26 bits per heavy atom. The molecule has 0 saturated carbocycles. The second-order valence-corrected chi connectivity index (χ2v) is 14.0. The number of hydrogen-bond donors (Lipinski definition) is 0. The number of anilines is 3. The number of rotatable bonds is 3. The summed E-state index contributed by atoms with van der Waals surface area (Å²) < 4.78 is 9.19. The molecule has 7 aromatic carbocycles. The Morgan fingerprint density at radius 3 is 2.17 bits per heavy atom. The first-order chi connectivity index (χ1) is 22.6. The highest BCUT2D eigenvalue weighted by molar-refractivity contribution is 7.25. The quantitative estimate of drug-likeness (QED) is 0.199. The van der Waals surface area contributed by atoms with E-state index in [9.17, 15) is 0 Å². The third-order valence-corrected chi connectivity index (χ3v) is 11.2. The molecular formula is C43H29NOS. The number of benzene rings is 7. The Kier molecular flexibility index (Phi) is 5.25. The summed E-state index contributed by atoms with van der Waals surface area (Å²) in [6, 6.07) is 51.0. The number of fused-ring (bicyclic) bond motifs is 10. The number of hydrogen-bond acceptors (Lipinski definition) is 3. The van der Waals surface area contributed by atoms with Crippen LogP contribution >= 0.6 is 11.3 Å². The van der Waals surface area contributed by atoms with Crippen molar-refractivity contribution in [3.8, 4) is 11.1 Å². The van der Waals surface area contributed by atoms with Gasteiger partial charge in [-0.1, -0.05) is 105 Å². The van der Waals surface area contributed by atoms with Gasteiger partial charge in [0.15, 0.2) is 0 Å². The van der Waals surface area contributed by atoms with E-state index >= 15 is 0 Å². The van der Waals surface area contributed by atoms with Crippen LogP contribution in [0.5, 0.6) is 0 Å². The van der Waals surface area contributed by atoms with Crippen LogP contribution in [0.25, 0.3) is 64.0 Å². The standard InChI is InChI=1S/C43H29NOS/c1-43(2)33-15-7-5-14-31(33)41-34(43)16-9-17-35(41)44(28-21-22-30-29-13-6-8-20-39(29)46-40(30)25-28)36-18-10-19-37-42(36)32-23-26-11-3-4-12-27(26)24-38(32)45-37/h3-25H,1-2H3. The van der Waals surface area contributed by atoms with Gasteiger partial charge in [0.1, 0.15) is 11.2 Å². The van der Waals surface area contributed by atoms with Crippen LogP contribution in [-0.2, 0) is 5.41 Å². The zero-order valence-electron chi connectivity index (χ0n) is 25.5. The van der Waals surface area contributed by atoms with Crippen LogP contribution in [0.1, 0.15) is 25.0 Å². The summed E-state index contributed by atoms with van der Waals surface area (Å²) in [5.74, 6) is 0. The molecule has 0 spiro atoms. The molecule has 0 fully saturated rings. The van der Waals surface area contributed by atoms with Crippen molar-refractivity contribution in [1.29, 1.82) is 0 Å². The Morgan fingerprint density at radius 1 is 0.543 bits per heavy atom. The SMILES string of the molecule is CC1(C)c2ccccc2-c2c(N(c3ccc4c(c3)sc3ccccc34)c3cccc4oc5cc6ccccc6cc5c34)cccc21. The van der Waals surface area contributed by atoms with E-state index in [1.54, 1.807) is 0 Å². The van der Waals surface area contributed by atoms with Crippen molar-refractivity contribution in [3.05, 3.63) is 151 Å². The highest BCUT2D eigenvalue weighted by Crippen LogP contribution is 2.55. The monoisotopic (exact) mass is 607 g/mol. The van der Waals surface area contributed by atoms with Gasteiger partial charge >= 0.3 is 0 Å². The maximum absolute atomic E-state index is 6.59. The van der Waals surface area contributed by atoms with Crippen molar-refractivity contribution in [1.82, 2.24) is 0 Å². The van der Waals surface area contributed by atoms with Gasteiger partial charge in [0.25, 0.3) is 0 Å². The molecule has 0 atom stereocenters. The fourth-order valence-electron chi connectivity index (χ4n) is 7.86. The third kappa shape index (κ3) is 3.52. The first kappa shape index (κ1) is 25.9. The maximum atomic E-state index is 6.59. The summed E-state index contributed by atoms with van der Waals surface area (Å²) in [6.45, 7) is 4.70. The van der Waals surface area contributed by atoms with E-state index in [1.165, 1.54) is 58.9 Å². The van der Waals surface area contributed by atoms with Crippen LogP contribution in [0.3, 0.4) is 0 Å². The molecule has 2 heterocycles. The normalized spacial score (nSPS) is 13.6. The summed E-state index contributed by atoms with van der Waals surface area (Å²) in [5, 5.41) is 7.26. The second-order valence-electron chi connectivity index (χ2n) is 12.9. The molecule has 3 heteroatoms. The average Bonchev–Trinajstić information content (AvgIpc) is 3.72. The van der Waals surface area contributed by atoms with Gasteiger partial charge in [0, 0.05) is 42.2 Å². The van der Waals surface area contributed by atoms with Gasteiger partial charge in [-0.2, -0.15) is 0 Å². The molecule has 0 amide bonds. The minimum atomic E-state index is -0.101. The van der Waals surface area contributed by atoms with Crippen molar-refractivity contribution >= 4 is 81.3 Å². The largest absolute Gasteiger partial charge is 0.456 e. The van der Waals surface area contributed by atoms with E-state index in [-0.39, 0.29) is 5.41 Å². The minimum Gasteiger partial charge on any atom is -0.456 e. The van der Waals surface area contributed by atoms with Crippen LogP contribution in [0.15, 0.2) is 144 Å². The van der Waals surface area contributed by atoms with Crippen molar-refractivity contribution in [3.63, 3.8) is 0 Å². The predicted octanol–water partition coefficient (Wildman–Crippen LogP) is 12.9. The van der Waals surface area contributed by atoms with Crippen molar-refractivity contribution in [2.24, 2.45) is 0 Å². The molecule has 1 aliphatic rings. The molecule has 218 valence electrons. The molecule has 0 saturated heterocycles. The number of thiophene rings is 1. The molecule has 2 nitrogen and oxygen atoms in total. The van der Waals surface area contributed by atoms with Gasteiger partial charge in [-0.15, -0.1) is 11.3 Å². The van der Waals surface area contributed by atoms with Crippen molar-refractivity contribution < 1.29 is 4.42 Å². The summed E-state index contributed by atoms with van der Waals surface area (Å²) in [5.41, 5.74) is 10.5. The van der Waals surface area contributed by atoms with Crippen LogP contribution in [0, 0.1) is 0 Å². The van der Waals surface area contributed by atoms with E-state index in [1.807, 2.05) is 11.3 Å². The van der Waals surface area contributed by atoms with Gasteiger partial charge < -0.3 is 9.32 Å². The van der Waals surface area contributed by atoms with Gasteiger partial charge in [0.2, 0.25) is 0 Å². The van der Waals surface area contributed by atoms with Gasteiger partial charge in [-0.05, 0) is 76.0 Å². The van der Waals surface area contributed by atoms with Crippen molar-refractivity contribution in [2.75, 3.05) is 4.90 Å².